The number of carboxylic acids is 1. The van der Waals surface area contributed by atoms with E-state index in [1.807, 2.05) is 31.2 Å². The highest BCUT2D eigenvalue weighted by Crippen LogP contribution is 2.60. The first kappa shape index (κ1) is 27.3. The molecule has 2 bridgehead atoms. The SMILES string of the molecule is C/C(=N\OCC(=O)O)c1cccc(OCCCO[C@H]2O[C@@H]3O[C@@]4(C)CCC5[C@H](C)CC[C@@H]([C@H]2C)[C@]53OO4)c1. The summed E-state index contributed by atoms with van der Waals surface area (Å²) in [6, 6.07) is 7.43. The number of rotatable bonds is 10. The van der Waals surface area contributed by atoms with Crippen LogP contribution in [0.25, 0.3) is 0 Å². The minimum absolute atomic E-state index is 0.138. The molecular formula is C28H39NO9. The normalized spacial score (nSPS) is 38.3. The van der Waals surface area contributed by atoms with Crippen LogP contribution in [0.4, 0.5) is 0 Å². The van der Waals surface area contributed by atoms with Crippen LogP contribution in [0.3, 0.4) is 0 Å². The minimum atomic E-state index is -1.07. The molecule has 8 atom stereocenters. The number of hydrogen-bond donors (Lipinski definition) is 1. The molecule has 1 aromatic rings. The Kier molecular flexibility index (Phi) is 7.98. The van der Waals surface area contributed by atoms with E-state index in [-0.39, 0.29) is 18.1 Å². The molecule has 4 heterocycles. The lowest BCUT2D eigenvalue weighted by Crippen LogP contribution is -2.70. The molecule has 0 aromatic heterocycles. The fourth-order valence-electron chi connectivity index (χ4n) is 6.56. The van der Waals surface area contributed by atoms with Crippen LogP contribution in [0.15, 0.2) is 29.4 Å². The maximum atomic E-state index is 10.6. The Balaban J connectivity index is 1.14. The molecule has 5 aliphatic rings. The summed E-state index contributed by atoms with van der Waals surface area (Å²) >= 11 is 0. The predicted molar refractivity (Wildman–Crippen MR) is 135 cm³/mol. The van der Waals surface area contributed by atoms with Crippen LogP contribution in [0.2, 0.25) is 0 Å². The molecule has 1 spiro atoms. The zero-order chi connectivity index (χ0) is 26.9. The van der Waals surface area contributed by atoms with Gasteiger partial charge in [-0.2, -0.15) is 0 Å². The number of oxime groups is 1. The second kappa shape index (κ2) is 11.1. The van der Waals surface area contributed by atoms with Gasteiger partial charge in [-0.1, -0.05) is 31.1 Å². The number of benzene rings is 1. The van der Waals surface area contributed by atoms with E-state index in [1.165, 1.54) is 0 Å². The molecule has 1 N–H and O–H groups in total. The Morgan fingerprint density at radius 3 is 2.82 bits per heavy atom. The zero-order valence-corrected chi connectivity index (χ0v) is 22.6. The number of fused-ring (bicyclic) bond motifs is 2. The Bertz CT molecular complexity index is 1030. The first-order chi connectivity index (χ1) is 18.2. The molecule has 0 amide bonds. The van der Waals surface area contributed by atoms with Gasteiger partial charge in [0.1, 0.15) is 5.75 Å². The zero-order valence-electron chi connectivity index (χ0n) is 22.6. The number of ether oxygens (including phenoxy) is 4. The third-order valence-corrected chi connectivity index (χ3v) is 8.58. The molecule has 1 saturated carbocycles. The third-order valence-electron chi connectivity index (χ3n) is 8.58. The highest BCUT2D eigenvalue weighted by Gasteiger charge is 2.69. The molecule has 10 heteroatoms. The summed E-state index contributed by atoms with van der Waals surface area (Å²) in [5.74, 6) is 0.0544. The number of aliphatic carboxylic acids is 1. The van der Waals surface area contributed by atoms with Gasteiger partial charge in [-0.05, 0) is 57.1 Å². The quantitative estimate of drug-likeness (QED) is 0.201. The first-order valence-electron chi connectivity index (χ1n) is 13.6. The van der Waals surface area contributed by atoms with Crippen molar-refractivity contribution < 1.29 is 43.5 Å². The van der Waals surface area contributed by atoms with Crippen LogP contribution in [0, 0.1) is 23.7 Å². The third kappa shape index (κ3) is 5.29. The first-order valence-corrected chi connectivity index (χ1v) is 13.6. The van der Waals surface area contributed by atoms with Crippen molar-refractivity contribution in [2.75, 3.05) is 19.8 Å². The molecule has 1 aliphatic carbocycles. The molecule has 0 radical (unpaired) electrons. The van der Waals surface area contributed by atoms with Crippen LogP contribution in [0.5, 0.6) is 5.75 Å². The Morgan fingerprint density at radius 2 is 2.00 bits per heavy atom. The van der Waals surface area contributed by atoms with Crippen molar-refractivity contribution in [2.24, 2.45) is 28.8 Å². The Morgan fingerprint density at radius 1 is 1.16 bits per heavy atom. The second-order valence-electron chi connectivity index (χ2n) is 11.2. The monoisotopic (exact) mass is 533 g/mol. The van der Waals surface area contributed by atoms with E-state index in [4.69, 9.17) is 38.7 Å². The van der Waals surface area contributed by atoms with Gasteiger partial charge in [0, 0.05) is 30.2 Å². The van der Waals surface area contributed by atoms with E-state index < -0.39 is 30.3 Å². The number of carboxylic acid groups (broad SMARTS) is 1. The summed E-state index contributed by atoms with van der Waals surface area (Å²) in [6.07, 6.45) is 3.77. The fourth-order valence-corrected chi connectivity index (χ4v) is 6.56. The van der Waals surface area contributed by atoms with Gasteiger partial charge in [-0.3, -0.25) is 0 Å². The fraction of sp³-hybridized carbons (Fsp3) is 0.714. The number of hydrogen-bond acceptors (Lipinski definition) is 9. The standard InChI is InChI=1S/C28H39NO9/c1-17-9-10-23-18(2)25(35-26-28(23)22(17)11-12-27(4,36-26)37-38-28)33-14-6-13-32-21-8-5-7-20(15-21)19(3)29-34-16-24(30)31/h5,7-8,15,17-18,22-23,25-26H,6,9-14,16H2,1-4H3,(H,30,31)/b29-19+/t17-,18-,22?,23+,25+,26-,27-,28-/m1/s1. The average Bonchev–Trinajstić information content (AvgIpc) is 3.12. The van der Waals surface area contributed by atoms with E-state index in [0.29, 0.717) is 42.9 Å². The molecular weight excluding hydrogens is 494 g/mol. The number of nitrogens with zero attached hydrogens (tertiary/aromatic N) is 1. The molecule has 4 saturated heterocycles. The number of carbonyl (C=O) groups is 1. The smallest absolute Gasteiger partial charge is 0.344 e. The van der Waals surface area contributed by atoms with Gasteiger partial charge >= 0.3 is 5.97 Å². The molecule has 210 valence electrons. The topological polar surface area (TPSA) is 114 Å². The molecule has 4 aliphatic heterocycles. The van der Waals surface area contributed by atoms with Crippen molar-refractivity contribution in [2.45, 2.75) is 83.8 Å². The van der Waals surface area contributed by atoms with Gasteiger partial charge in [0.25, 0.3) is 0 Å². The molecule has 38 heavy (non-hydrogen) atoms. The van der Waals surface area contributed by atoms with Gasteiger partial charge in [-0.15, -0.1) is 0 Å². The van der Waals surface area contributed by atoms with Crippen LogP contribution in [0.1, 0.15) is 65.4 Å². The Hall–Kier alpha value is -2.24. The van der Waals surface area contributed by atoms with Crippen molar-refractivity contribution in [1.82, 2.24) is 0 Å². The molecule has 1 unspecified atom stereocenters. The van der Waals surface area contributed by atoms with Crippen molar-refractivity contribution in [3.8, 4) is 5.75 Å². The van der Waals surface area contributed by atoms with Gasteiger partial charge in [0.2, 0.25) is 12.4 Å². The highest BCUT2D eigenvalue weighted by atomic mass is 17.3. The van der Waals surface area contributed by atoms with Crippen molar-refractivity contribution >= 4 is 11.7 Å². The van der Waals surface area contributed by atoms with Gasteiger partial charge in [-0.25, -0.2) is 14.6 Å². The van der Waals surface area contributed by atoms with Crippen molar-refractivity contribution in [3.63, 3.8) is 0 Å². The summed E-state index contributed by atoms with van der Waals surface area (Å²) < 4.78 is 25.0. The van der Waals surface area contributed by atoms with Crippen LogP contribution in [-0.2, 0) is 33.6 Å². The lowest BCUT2D eigenvalue weighted by atomic mass is 9.58. The minimum Gasteiger partial charge on any atom is -0.493 e. The van der Waals surface area contributed by atoms with Crippen LogP contribution < -0.4 is 4.74 Å². The summed E-state index contributed by atoms with van der Waals surface area (Å²) in [4.78, 5) is 27.5. The van der Waals surface area contributed by atoms with E-state index in [9.17, 15) is 4.79 Å². The van der Waals surface area contributed by atoms with Gasteiger partial charge in [0.05, 0.1) is 18.9 Å². The maximum absolute atomic E-state index is 10.6. The highest BCUT2D eigenvalue weighted by molar-refractivity contribution is 5.98. The summed E-state index contributed by atoms with van der Waals surface area (Å²) in [5.41, 5.74) is 0.778. The van der Waals surface area contributed by atoms with Crippen LogP contribution >= 0.6 is 0 Å². The molecule has 5 fully saturated rings. The lowest BCUT2D eigenvalue weighted by Gasteiger charge is -2.60. The van der Waals surface area contributed by atoms with E-state index in [1.54, 1.807) is 6.92 Å². The molecule has 6 rings (SSSR count). The predicted octanol–water partition coefficient (Wildman–Crippen LogP) is 4.51. The van der Waals surface area contributed by atoms with Gasteiger partial charge < -0.3 is 28.9 Å². The van der Waals surface area contributed by atoms with Crippen molar-refractivity contribution in [3.05, 3.63) is 29.8 Å². The average molecular weight is 534 g/mol. The van der Waals surface area contributed by atoms with Crippen LogP contribution in [-0.4, -0.2) is 60.6 Å². The summed E-state index contributed by atoms with van der Waals surface area (Å²) in [7, 11) is 0. The summed E-state index contributed by atoms with van der Waals surface area (Å²) in [5, 5.41) is 12.5. The summed E-state index contributed by atoms with van der Waals surface area (Å²) in [6.45, 7) is 8.64. The van der Waals surface area contributed by atoms with Gasteiger partial charge in [0.15, 0.2) is 18.2 Å². The van der Waals surface area contributed by atoms with E-state index >= 15 is 0 Å². The van der Waals surface area contributed by atoms with Crippen molar-refractivity contribution in [1.29, 1.82) is 0 Å². The molecule has 1 aromatic carbocycles. The lowest BCUT2D eigenvalue weighted by molar-refractivity contribution is -0.577. The van der Waals surface area contributed by atoms with E-state index in [2.05, 4.69) is 19.0 Å². The Labute approximate surface area is 223 Å². The maximum Gasteiger partial charge on any atom is 0.344 e. The molecule has 10 nitrogen and oxygen atoms in total. The largest absolute Gasteiger partial charge is 0.493 e. The second-order valence-corrected chi connectivity index (χ2v) is 11.2. The van der Waals surface area contributed by atoms with E-state index in [0.717, 1.165) is 31.2 Å².